The summed E-state index contributed by atoms with van der Waals surface area (Å²) in [5.74, 6) is 0. The lowest BCUT2D eigenvalue weighted by Gasteiger charge is -2.40. The van der Waals surface area contributed by atoms with E-state index in [0.29, 0.717) is 16.4 Å². The fraction of sp³-hybridized carbons (Fsp3) is 0.393. The molecule has 2 N–H and O–H groups in total. The molecule has 2 aromatic heterocycles. The van der Waals surface area contributed by atoms with Gasteiger partial charge in [-0.15, -0.1) is 0 Å². The van der Waals surface area contributed by atoms with Gasteiger partial charge in [0.1, 0.15) is 5.60 Å². The number of pyridine rings is 1. The quantitative estimate of drug-likeness (QED) is 0.478. The number of hydrogen-bond acceptors (Lipinski definition) is 8. The zero-order valence-corrected chi connectivity index (χ0v) is 23.5. The van der Waals surface area contributed by atoms with Gasteiger partial charge < -0.3 is 19.6 Å². The predicted octanol–water partition coefficient (Wildman–Crippen LogP) is 4.81. The number of carbonyl (C=O) groups is 2. The topological polar surface area (TPSA) is 132 Å². The molecule has 0 unspecified atom stereocenters. The van der Waals surface area contributed by atoms with Crippen LogP contribution >= 0.6 is 11.3 Å². The van der Waals surface area contributed by atoms with Crippen LogP contribution in [0.15, 0.2) is 36.4 Å². The third-order valence-corrected chi connectivity index (χ3v) is 7.08. The molecule has 10 nitrogen and oxygen atoms in total. The van der Waals surface area contributed by atoms with Crippen LogP contribution < -0.4 is 5.32 Å². The number of rotatable bonds is 4. The van der Waals surface area contributed by atoms with Gasteiger partial charge in [-0.3, -0.25) is 10.3 Å². The van der Waals surface area contributed by atoms with Crippen molar-refractivity contribution in [3.8, 4) is 27.8 Å². The fourth-order valence-electron chi connectivity index (χ4n) is 4.40. The van der Waals surface area contributed by atoms with Crippen molar-refractivity contribution in [2.75, 3.05) is 31.6 Å². The number of urea groups is 1. The number of benzene rings is 1. The van der Waals surface area contributed by atoms with Crippen molar-refractivity contribution in [2.45, 2.75) is 46.3 Å². The summed E-state index contributed by atoms with van der Waals surface area (Å²) < 4.78 is 5.45. The molecule has 0 bridgehead atoms. The number of thiazole rings is 1. The molecule has 204 valence electrons. The van der Waals surface area contributed by atoms with Gasteiger partial charge in [0.15, 0.2) is 5.13 Å². The van der Waals surface area contributed by atoms with Crippen LogP contribution in [0.1, 0.15) is 37.7 Å². The van der Waals surface area contributed by atoms with Crippen molar-refractivity contribution in [3.63, 3.8) is 0 Å². The van der Waals surface area contributed by atoms with E-state index in [1.54, 1.807) is 39.0 Å². The molecule has 0 radical (unpaired) electrons. The fourth-order valence-corrected chi connectivity index (χ4v) is 5.37. The zero-order valence-electron chi connectivity index (χ0n) is 22.7. The first-order chi connectivity index (χ1) is 18.5. The number of aliphatic hydroxyl groups excluding tert-OH is 1. The number of aliphatic hydroxyl groups is 1. The van der Waals surface area contributed by atoms with Crippen molar-refractivity contribution in [3.05, 3.63) is 53.3 Å². The molecule has 0 aliphatic carbocycles. The summed E-state index contributed by atoms with van der Waals surface area (Å²) in [6.07, 6.45) is -0.474. The van der Waals surface area contributed by atoms with E-state index in [0.717, 1.165) is 27.4 Å². The summed E-state index contributed by atoms with van der Waals surface area (Å²) in [6, 6.07) is 12.2. The zero-order chi connectivity index (χ0) is 28.3. The molecule has 1 aliphatic heterocycles. The third kappa shape index (κ3) is 6.71. The van der Waals surface area contributed by atoms with E-state index in [9.17, 15) is 20.0 Å². The average molecular weight is 549 g/mol. The maximum Gasteiger partial charge on any atom is 0.410 e. The Morgan fingerprint density at radius 2 is 1.87 bits per heavy atom. The second-order valence-electron chi connectivity index (χ2n) is 10.4. The summed E-state index contributed by atoms with van der Waals surface area (Å²) in [4.78, 5) is 38.9. The molecular formula is C28H32N6O4S. The van der Waals surface area contributed by atoms with Crippen LogP contribution in [0.3, 0.4) is 0 Å². The van der Waals surface area contributed by atoms with Crippen LogP contribution in [0.25, 0.3) is 21.7 Å². The van der Waals surface area contributed by atoms with Gasteiger partial charge in [-0.1, -0.05) is 23.5 Å². The van der Waals surface area contributed by atoms with Crippen molar-refractivity contribution in [1.82, 2.24) is 19.8 Å². The van der Waals surface area contributed by atoms with E-state index in [1.807, 2.05) is 32.0 Å². The van der Waals surface area contributed by atoms with Crippen molar-refractivity contribution < 1.29 is 19.4 Å². The summed E-state index contributed by atoms with van der Waals surface area (Å²) >= 11 is 1.32. The van der Waals surface area contributed by atoms with Crippen LogP contribution in [0.5, 0.6) is 0 Å². The lowest BCUT2D eigenvalue weighted by molar-refractivity contribution is 0.00415. The Bertz CT molecular complexity index is 1400. The largest absolute Gasteiger partial charge is 0.444 e. The molecule has 1 aliphatic rings. The monoisotopic (exact) mass is 548 g/mol. The van der Waals surface area contributed by atoms with Gasteiger partial charge in [-0.25, -0.2) is 14.6 Å². The molecule has 1 atom stereocenters. The highest BCUT2D eigenvalue weighted by molar-refractivity contribution is 7.19. The van der Waals surface area contributed by atoms with E-state index in [4.69, 9.17) is 9.72 Å². The minimum Gasteiger partial charge on any atom is -0.444 e. The lowest BCUT2D eigenvalue weighted by Crippen LogP contribution is -2.59. The Morgan fingerprint density at radius 3 is 2.51 bits per heavy atom. The van der Waals surface area contributed by atoms with Gasteiger partial charge in [0.05, 0.1) is 34.9 Å². The highest BCUT2D eigenvalue weighted by atomic mass is 32.1. The van der Waals surface area contributed by atoms with Crippen LogP contribution in [0, 0.1) is 25.2 Å². The van der Waals surface area contributed by atoms with Gasteiger partial charge >= 0.3 is 12.1 Å². The predicted molar refractivity (Wildman–Crippen MR) is 149 cm³/mol. The van der Waals surface area contributed by atoms with Crippen LogP contribution in [-0.4, -0.2) is 74.9 Å². The number of amides is 3. The highest BCUT2D eigenvalue weighted by Crippen LogP contribution is 2.40. The minimum atomic E-state index is -0.640. The second kappa shape index (κ2) is 11.4. The Kier molecular flexibility index (Phi) is 8.18. The number of aryl methyl sites for hydroxylation is 2. The molecule has 0 saturated carbocycles. The minimum absolute atomic E-state index is 0.156. The highest BCUT2D eigenvalue weighted by Gasteiger charge is 2.34. The van der Waals surface area contributed by atoms with E-state index in [2.05, 4.69) is 16.4 Å². The van der Waals surface area contributed by atoms with E-state index >= 15 is 0 Å². The number of nitrogens with one attached hydrogen (secondary N) is 1. The molecule has 3 amide bonds. The number of carbonyl (C=O) groups excluding carboxylic acids is 2. The van der Waals surface area contributed by atoms with Gasteiger partial charge in [0.25, 0.3) is 0 Å². The van der Waals surface area contributed by atoms with E-state index < -0.39 is 23.8 Å². The average Bonchev–Trinajstić information content (AvgIpc) is 3.30. The summed E-state index contributed by atoms with van der Waals surface area (Å²) in [5.41, 5.74) is 3.89. The molecule has 1 saturated heterocycles. The Labute approximate surface area is 231 Å². The van der Waals surface area contributed by atoms with Gasteiger partial charge in [-0.05, 0) is 64.4 Å². The van der Waals surface area contributed by atoms with Crippen molar-refractivity contribution in [2.24, 2.45) is 0 Å². The number of hydrogen-bond donors (Lipinski definition) is 2. The van der Waals surface area contributed by atoms with Gasteiger partial charge in [0, 0.05) is 36.6 Å². The first kappa shape index (κ1) is 28.0. The summed E-state index contributed by atoms with van der Waals surface area (Å²) in [5, 5.41) is 22.7. The summed E-state index contributed by atoms with van der Waals surface area (Å²) in [7, 11) is 0. The number of piperazine rings is 1. The Morgan fingerprint density at radius 1 is 1.15 bits per heavy atom. The molecule has 4 rings (SSSR count). The van der Waals surface area contributed by atoms with Crippen molar-refractivity contribution >= 4 is 28.6 Å². The third-order valence-electron chi connectivity index (χ3n) is 6.06. The molecule has 11 heteroatoms. The van der Waals surface area contributed by atoms with Gasteiger partial charge in [-0.2, -0.15) is 5.26 Å². The standard InChI is InChI=1S/C28H32N6O4S/c1-17-11-21(12-18(2)30-17)24-23(20-8-6-7-19(13-20)14-29)31-25(39-24)32-26(36)34-10-9-33(15-22(34)16-35)27(37)38-28(3,4)5/h6-8,11-13,22,35H,9-10,15-16H2,1-5H3,(H,31,32,36)/t22-/m1/s1. The lowest BCUT2D eigenvalue weighted by atomic mass is 10.0. The van der Waals surface area contributed by atoms with E-state index in [1.165, 1.54) is 21.1 Å². The summed E-state index contributed by atoms with van der Waals surface area (Å²) in [6.45, 7) is 9.57. The number of aromatic nitrogens is 2. The Hall–Kier alpha value is -4.01. The number of nitrogens with zero attached hydrogens (tertiary/aromatic N) is 5. The maximum absolute atomic E-state index is 13.3. The smallest absolute Gasteiger partial charge is 0.410 e. The molecule has 1 fully saturated rings. The first-order valence-electron chi connectivity index (χ1n) is 12.6. The second-order valence-corrected chi connectivity index (χ2v) is 11.4. The normalized spacial score (nSPS) is 15.6. The molecule has 3 aromatic rings. The Balaban J connectivity index is 1.60. The van der Waals surface area contributed by atoms with Crippen LogP contribution in [0.4, 0.5) is 14.7 Å². The van der Waals surface area contributed by atoms with Crippen molar-refractivity contribution in [1.29, 1.82) is 5.26 Å². The first-order valence-corrected chi connectivity index (χ1v) is 13.4. The van der Waals surface area contributed by atoms with E-state index in [-0.39, 0.29) is 26.2 Å². The maximum atomic E-state index is 13.3. The molecule has 1 aromatic carbocycles. The molecule has 0 spiro atoms. The molecule has 39 heavy (non-hydrogen) atoms. The van der Waals surface area contributed by atoms with Crippen LogP contribution in [-0.2, 0) is 4.74 Å². The SMILES string of the molecule is Cc1cc(-c2sc(NC(=O)N3CCN(C(=O)OC(C)(C)C)C[C@@H]3CO)nc2-c2cccc(C#N)c2)cc(C)n1. The number of ether oxygens (including phenoxy) is 1. The van der Waals surface area contributed by atoms with Crippen LogP contribution in [0.2, 0.25) is 0 Å². The number of anilines is 1. The molecule has 3 heterocycles. The molecular weight excluding hydrogens is 516 g/mol. The number of nitriles is 1. The van der Waals surface area contributed by atoms with Gasteiger partial charge in [0.2, 0.25) is 0 Å².